The topological polar surface area (TPSA) is 50.3 Å². The van der Waals surface area contributed by atoms with Crippen LogP contribution in [-0.4, -0.2) is 34.7 Å². The Hall–Kier alpha value is -2.01. The van der Waals surface area contributed by atoms with Gasteiger partial charge in [-0.1, -0.05) is 45.0 Å². The molecule has 1 aromatic heterocycles. The van der Waals surface area contributed by atoms with Crippen molar-refractivity contribution in [1.82, 2.24) is 9.88 Å². The monoisotopic (exact) mass is 384 g/mol. The Morgan fingerprint density at radius 1 is 1.19 bits per heavy atom. The van der Waals surface area contributed by atoms with Gasteiger partial charge in [0.25, 0.3) is 5.91 Å². The maximum Gasteiger partial charge on any atom is 0.265 e. The van der Waals surface area contributed by atoms with E-state index in [0.717, 1.165) is 36.3 Å². The minimum Gasteiger partial charge on any atom is -0.338 e. The number of aryl methyl sites for hydroxylation is 1. The van der Waals surface area contributed by atoms with Crippen molar-refractivity contribution in [3.8, 4) is 0 Å². The molecule has 0 radical (unpaired) electrons. The lowest BCUT2D eigenvalue weighted by Gasteiger charge is -2.31. The van der Waals surface area contributed by atoms with E-state index < -0.39 is 0 Å². The molecule has 1 saturated heterocycles. The highest BCUT2D eigenvalue weighted by Crippen LogP contribution is 2.25. The van der Waals surface area contributed by atoms with Gasteiger partial charge < -0.3 is 4.90 Å². The lowest BCUT2D eigenvalue weighted by molar-refractivity contribution is 0.0654. The lowest BCUT2D eigenvalue weighted by Crippen LogP contribution is -2.40. The number of nitrogens with zero attached hydrogens (tertiary/aromatic N) is 2. The summed E-state index contributed by atoms with van der Waals surface area (Å²) >= 11 is 1.47. The highest BCUT2D eigenvalue weighted by Gasteiger charge is 2.29. The summed E-state index contributed by atoms with van der Waals surface area (Å²) in [4.78, 5) is 32.3. The SMILES string of the molecule is CCc1ncc(C(=O)N2CCC(C(=O)c3ccc(CC(C)C)cc3)CC2)s1. The molecule has 1 amide bonds. The molecule has 1 fully saturated rings. The fraction of sp³-hybridized carbons (Fsp3) is 0.500. The molecule has 2 aromatic rings. The van der Waals surface area contributed by atoms with Crippen LogP contribution in [0.15, 0.2) is 30.5 Å². The van der Waals surface area contributed by atoms with Gasteiger partial charge in [-0.3, -0.25) is 9.59 Å². The van der Waals surface area contributed by atoms with E-state index in [1.54, 1.807) is 6.20 Å². The quantitative estimate of drug-likeness (QED) is 0.682. The van der Waals surface area contributed by atoms with Crippen LogP contribution >= 0.6 is 11.3 Å². The van der Waals surface area contributed by atoms with Gasteiger partial charge in [0.15, 0.2) is 5.78 Å². The molecule has 0 aliphatic carbocycles. The second-order valence-corrected chi connectivity index (χ2v) is 8.81. The molecule has 1 aliphatic rings. The highest BCUT2D eigenvalue weighted by atomic mass is 32.1. The predicted octanol–water partition coefficient (Wildman–Crippen LogP) is 4.64. The Morgan fingerprint density at radius 3 is 2.41 bits per heavy atom. The molecule has 0 bridgehead atoms. The van der Waals surface area contributed by atoms with Gasteiger partial charge in [0.05, 0.1) is 11.2 Å². The third kappa shape index (κ3) is 4.83. The van der Waals surface area contributed by atoms with Gasteiger partial charge in [-0.05, 0) is 37.2 Å². The summed E-state index contributed by atoms with van der Waals surface area (Å²) in [5.74, 6) is 0.887. The van der Waals surface area contributed by atoms with Crippen LogP contribution in [0.2, 0.25) is 0 Å². The molecule has 27 heavy (non-hydrogen) atoms. The third-order valence-electron chi connectivity index (χ3n) is 5.10. The van der Waals surface area contributed by atoms with E-state index in [2.05, 4.69) is 31.0 Å². The summed E-state index contributed by atoms with van der Waals surface area (Å²) < 4.78 is 0. The van der Waals surface area contributed by atoms with E-state index in [1.165, 1.54) is 16.9 Å². The maximum absolute atomic E-state index is 12.8. The van der Waals surface area contributed by atoms with Crippen molar-refractivity contribution in [3.63, 3.8) is 0 Å². The first-order valence-electron chi connectivity index (χ1n) is 9.85. The molecule has 4 nitrogen and oxygen atoms in total. The number of aromatic nitrogens is 1. The lowest BCUT2D eigenvalue weighted by atomic mass is 9.88. The molecule has 1 aliphatic heterocycles. The van der Waals surface area contributed by atoms with E-state index in [0.29, 0.717) is 23.9 Å². The first-order chi connectivity index (χ1) is 13.0. The minimum absolute atomic E-state index is 0.0117. The zero-order chi connectivity index (χ0) is 19.4. The van der Waals surface area contributed by atoms with E-state index in [1.807, 2.05) is 24.0 Å². The van der Waals surface area contributed by atoms with Crippen molar-refractivity contribution in [2.75, 3.05) is 13.1 Å². The zero-order valence-corrected chi connectivity index (χ0v) is 17.2. The van der Waals surface area contributed by atoms with Crippen LogP contribution in [-0.2, 0) is 12.8 Å². The Balaban J connectivity index is 1.56. The number of rotatable bonds is 6. The Bertz CT molecular complexity index is 787. The molecule has 3 rings (SSSR count). The second-order valence-electron chi connectivity index (χ2n) is 7.70. The van der Waals surface area contributed by atoms with Crippen LogP contribution in [0.4, 0.5) is 0 Å². The van der Waals surface area contributed by atoms with Crippen molar-refractivity contribution in [2.24, 2.45) is 11.8 Å². The van der Waals surface area contributed by atoms with Crippen molar-refractivity contribution in [1.29, 1.82) is 0 Å². The van der Waals surface area contributed by atoms with Crippen molar-refractivity contribution in [2.45, 2.75) is 46.5 Å². The molecule has 0 unspecified atom stereocenters. The summed E-state index contributed by atoms with van der Waals surface area (Å²) in [6.45, 7) is 7.71. The number of hydrogen-bond donors (Lipinski definition) is 0. The number of benzene rings is 1. The van der Waals surface area contributed by atoms with Crippen LogP contribution in [0.1, 0.15) is 64.2 Å². The Morgan fingerprint density at radius 2 is 1.85 bits per heavy atom. The summed E-state index contributed by atoms with van der Waals surface area (Å²) in [6, 6.07) is 8.06. The minimum atomic E-state index is 0.0117. The number of carbonyl (C=O) groups is 2. The van der Waals surface area contributed by atoms with E-state index >= 15 is 0 Å². The number of piperidine rings is 1. The van der Waals surface area contributed by atoms with Gasteiger partial charge in [0.1, 0.15) is 4.88 Å². The first kappa shape index (κ1) is 19.7. The molecular formula is C22H28N2O2S. The van der Waals surface area contributed by atoms with E-state index in [9.17, 15) is 9.59 Å². The largest absolute Gasteiger partial charge is 0.338 e. The van der Waals surface area contributed by atoms with Gasteiger partial charge in [0, 0.05) is 24.6 Å². The number of hydrogen-bond acceptors (Lipinski definition) is 4. The van der Waals surface area contributed by atoms with E-state index in [-0.39, 0.29) is 17.6 Å². The summed E-state index contributed by atoms with van der Waals surface area (Å²) in [6.07, 6.45) is 5.04. The molecule has 0 saturated carbocycles. The van der Waals surface area contributed by atoms with Gasteiger partial charge in [-0.25, -0.2) is 4.98 Å². The van der Waals surface area contributed by atoms with Crippen LogP contribution < -0.4 is 0 Å². The molecule has 5 heteroatoms. The number of Topliss-reactive ketones (excluding diaryl/α,β-unsaturated/α-hetero) is 1. The van der Waals surface area contributed by atoms with Gasteiger partial charge in [0.2, 0.25) is 0 Å². The van der Waals surface area contributed by atoms with E-state index in [4.69, 9.17) is 0 Å². The van der Waals surface area contributed by atoms with Crippen LogP contribution in [0, 0.1) is 11.8 Å². The molecule has 144 valence electrons. The van der Waals surface area contributed by atoms with Crippen molar-refractivity contribution >= 4 is 23.0 Å². The summed E-state index contributed by atoms with van der Waals surface area (Å²) in [7, 11) is 0. The molecular weight excluding hydrogens is 356 g/mol. The normalized spacial score (nSPS) is 15.3. The van der Waals surface area contributed by atoms with Crippen LogP contribution in [0.25, 0.3) is 0 Å². The average molecular weight is 385 g/mol. The maximum atomic E-state index is 12.8. The number of amides is 1. The fourth-order valence-electron chi connectivity index (χ4n) is 3.59. The van der Waals surface area contributed by atoms with Gasteiger partial charge in [-0.2, -0.15) is 0 Å². The predicted molar refractivity (Wildman–Crippen MR) is 109 cm³/mol. The third-order valence-corrected chi connectivity index (χ3v) is 6.23. The first-order valence-corrected chi connectivity index (χ1v) is 10.7. The molecule has 0 atom stereocenters. The molecule has 2 heterocycles. The highest BCUT2D eigenvalue weighted by molar-refractivity contribution is 7.13. The molecule has 1 aromatic carbocycles. The Labute approximate surface area is 165 Å². The van der Waals surface area contributed by atoms with Crippen molar-refractivity contribution in [3.05, 3.63) is 51.5 Å². The Kier molecular flexibility index (Phi) is 6.42. The number of ketones is 1. The average Bonchev–Trinajstić information content (AvgIpc) is 3.16. The fourth-order valence-corrected chi connectivity index (χ4v) is 4.41. The van der Waals surface area contributed by atoms with Gasteiger partial charge >= 0.3 is 0 Å². The zero-order valence-electron chi connectivity index (χ0n) is 16.4. The molecule has 0 spiro atoms. The number of likely N-dealkylation sites (tertiary alicyclic amines) is 1. The standard InChI is InChI=1S/C22H28N2O2S/c1-4-20-23-14-19(27-20)22(26)24-11-9-18(10-12-24)21(25)17-7-5-16(6-8-17)13-15(2)3/h5-8,14-15,18H,4,9-13H2,1-3H3. The summed E-state index contributed by atoms with van der Waals surface area (Å²) in [5, 5.41) is 0.990. The molecule has 0 N–H and O–H groups in total. The van der Waals surface area contributed by atoms with Gasteiger partial charge in [-0.15, -0.1) is 11.3 Å². The second kappa shape index (κ2) is 8.79. The smallest absolute Gasteiger partial charge is 0.265 e. The van der Waals surface area contributed by atoms with Crippen LogP contribution in [0.3, 0.4) is 0 Å². The van der Waals surface area contributed by atoms with Crippen LogP contribution in [0.5, 0.6) is 0 Å². The number of thiazole rings is 1. The summed E-state index contributed by atoms with van der Waals surface area (Å²) in [5.41, 5.74) is 2.07. The van der Waals surface area contributed by atoms with Crippen molar-refractivity contribution < 1.29 is 9.59 Å². The number of carbonyl (C=O) groups excluding carboxylic acids is 2.